The third-order valence-corrected chi connectivity index (χ3v) is 7.67. The number of urea groups is 1. The Hall–Kier alpha value is -3.75. The largest absolute Gasteiger partial charge is 0.347 e. The van der Waals surface area contributed by atoms with Gasteiger partial charge in [0.25, 0.3) is 5.91 Å². The number of piperidine rings is 1. The van der Waals surface area contributed by atoms with E-state index in [9.17, 15) is 9.59 Å². The molecule has 1 saturated heterocycles. The van der Waals surface area contributed by atoms with Gasteiger partial charge in [0.15, 0.2) is 0 Å². The van der Waals surface area contributed by atoms with Gasteiger partial charge in [-0.05, 0) is 55.6 Å². The van der Waals surface area contributed by atoms with Crippen LogP contribution in [-0.4, -0.2) is 36.1 Å². The number of nitrogens with one attached hydrogen (secondary N) is 3. The molecule has 1 atom stereocenters. The van der Waals surface area contributed by atoms with Crippen molar-refractivity contribution in [3.63, 3.8) is 0 Å². The molecule has 0 radical (unpaired) electrons. The third-order valence-electron chi connectivity index (χ3n) is 6.57. The summed E-state index contributed by atoms with van der Waals surface area (Å²) in [7, 11) is 0. The van der Waals surface area contributed by atoms with Gasteiger partial charge in [0, 0.05) is 18.8 Å². The highest BCUT2D eigenvalue weighted by Gasteiger charge is 2.33. The fourth-order valence-electron chi connectivity index (χ4n) is 4.80. The number of carbonyl (C=O) groups is 2. The maximum atomic E-state index is 13.4. The monoisotopic (exact) mass is 483 g/mol. The van der Waals surface area contributed by atoms with E-state index >= 15 is 0 Å². The molecule has 2 aliphatic rings. The number of nitrogens with zero attached hydrogens (tertiary/aromatic N) is 2. The molecule has 8 heteroatoms. The van der Waals surface area contributed by atoms with Gasteiger partial charge in [-0.3, -0.25) is 9.69 Å². The van der Waals surface area contributed by atoms with Gasteiger partial charge < -0.3 is 16.0 Å². The highest BCUT2D eigenvalue weighted by Crippen LogP contribution is 2.46. The third kappa shape index (κ3) is 3.94. The number of rotatable bonds is 4. The van der Waals surface area contributed by atoms with Gasteiger partial charge >= 0.3 is 6.03 Å². The number of aryl methyl sites for hydroxylation is 1. The zero-order valence-corrected chi connectivity index (χ0v) is 20.1. The molecule has 2 aromatic heterocycles. The Labute approximate surface area is 207 Å². The number of amides is 3. The van der Waals surface area contributed by atoms with Gasteiger partial charge in [-0.2, -0.15) is 0 Å². The van der Waals surface area contributed by atoms with Crippen LogP contribution in [0.4, 0.5) is 21.9 Å². The van der Waals surface area contributed by atoms with E-state index in [1.54, 1.807) is 11.1 Å². The van der Waals surface area contributed by atoms with Crippen molar-refractivity contribution in [2.75, 3.05) is 23.3 Å². The number of hydrogen-bond donors (Lipinski definition) is 3. The zero-order valence-electron chi connectivity index (χ0n) is 19.3. The molecule has 0 bridgehead atoms. The van der Waals surface area contributed by atoms with Gasteiger partial charge in [0.05, 0.1) is 22.4 Å². The summed E-state index contributed by atoms with van der Waals surface area (Å²) in [5, 5.41) is 10.2. The SMILES string of the molecule is Cc1ccc(-c2cccc(N3C(=O)Nc4c(C(=O)NC5CCCNC5)sc5nccc3c45)c2)cc1. The first-order valence-corrected chi connectivity index (χ1v) is 12.6. The number of anilines is 3. The lowest BCUT2D eigenvalue weighted by Gasteiger charge is -2.29. The van der Waals surface area contributed by atoms with E-state index in [4.69, 9.17) is 0 Å². The van der Waals surface area contributed by atoms with E-state index in [0.717, 1.165) is 58.6 Å². The first-order valence-electron chi connectivity index (χ1n) is 11.8. The summed E-state index contributed by atoms with van der Waals surface area (Å²) >= 11 is 1.31. The smallest absolute Gasteiger partial charge is 0.331 e. The van der Waals surface area contributed by atoms with Gasteiger partial charge in [-0.25, -0.2) is 9.78 Å². The topological polar surface area (TPSA) is 86.4 Å². The first-order chi connectivity index (χ1) is 17.1. The van der Waals surface area contributed by atoms with Crippen molar-refractivity contribution in [3.05, 3.63) is 71.2 Å². The Morgan fingerprint density at radius 1 is 1.14 bits per heavy atom. The van der Waals surface area contributed by atoms with E-state index in [1.807, 2.05) is 30.3 Å². The lowest BCUT2D eigenvalue weighted by molar-refractivity contribution is 0.0935. The fourth-order valence-corrected chi connectivity index (χ4v) is 5.82. The van der Waals surface area contributed by atoms with Crippen LogP contribution in [0.2, 0.25) is 0 Å². The maximum absolute atomic E-state index is 13.4. The maximum Gasteiger partial charge on any atom is 0.331 e. The molecule has 2 aliphatic heterocycles. The molecule has 4 aromatic rings. The lowest BCUT2D eigenvalue weighted by Crippen LogP contribution is -2.45. The number of carbonyl (C=O) groups excluding carboxylic acids is 2. The van der Waals surface area contributed by atoms with Crippen molar-refractivity contribution in [1.82, 2.24) is 15.6 Å². The van der Waals surface area contributed by atoms with E-state index in [0.29, 0.717) is 10.6 Å². The quantitative estimate of drug-likeness (QED) is 0.361. The number of hydrogen-bond acceptors (Lipinski definition) is 5. The van der Waals surface area contributed by atoms with Crippen LogP contribution in [0.25, 0.3) is 21.3 Å². The van der Waals surface area contributed by atoms with Crippen molar-refractivity contribution in [2.45, 2.75) is 25.8 Å². The molecule has 7 nitrogen and oxygen atoms in total. The normalized spacial score (nSPS) is 17.3. The minimum atomic E-state index is -0.294. The van der Waals surface area contributed by atoms with Crippen LogP contribution in [0.5, 0.6) is 0 Å². The number of aromatic nitrogens is 1. The molecule has 3 amide bonds. The molecule has 6 rings (SSSR count). The molecule has 0 saturated carbocycles. The number of thiophene rings is 1. The average molecular weight is 484 g/mol. The van der Waals surface area contributed by atoms with Crippen LogP contribution in [-0.2, 0) is 0 Å². The van der Waals surface area contributed by atoms with Crippen LogP contribution in [0, 0.1) is 6.92 Å². The van der Waals surface area contributed by atoms with Crippen LogP contribution in [0.3, 0.4) is 0 Å². The highest BCUT2D eigenvalue weighted by atomic mass is 32.1. The number of pyridine rings is 1. The van der Waals surface area contributed by atoms with Gasteiger partial charge in [-0.15, -0.1) is 11.3 Å². The molecule has 1 fully saturated rings. The highest BCUT2D eigenvalue weighted by molar-refractivity contribution is 7.21. The van der Waals surface area contributed by atoms with Crippen LogP contribution in [0.15, 0.2) is 60.8 Å². The summed E-state index contributed by atoms with van der Waals surface area (Å²) in [5.41, 5.74) is 5.34. The van der Waals surface area contributed by atoms with Crippen molar-refractivity contribution in [3.8, 4) is 11.1 Å². The van der Waals surface area contributed by atoms with Crippen LogP contribution >= 0.6 is 11.3 Å². The Morgan fingerprint density at radius 2 is 2.00 bits per heavy atom. The minimum absolute atomic E-state index is 0.0846. The van der Waals surface area contributed by atoms with Gasteiger partial charge in [0.1, 0.15) is 9.71 Å². The predicted octanol–water partition coefficient (Wildman–Crippen LogP) is 5.44. The number of benzene rings is 2. The molecule has 2 aromatic carbocycles. The van der Waals surface area contributed by atoms with Crippen LogP contribution < -0.4 is 20.9 Å². The van der Waals surface area contributed by atoms with E-state index in [1.165, 1.54) is 16.9 Å². The predicted molar refractivity (Wildman–Crippen MR) is 141 cm³/mol. The summed E-state index contributed by atoms with van der Waals surface area (Å²) in [6, 6.07) is 17.9. The molecule has 176 valence electrons. The van der Waals surface area contributed by atoms with E-state index < -0.39 is 0 Å². The van der Waals surface area contributed by atoms with Gasteiger partial charge in [0.2, 0.25) is 0 Å². The van der Waals surface area contributed by atoms with Crippen molar-refractivity contribution >= 4 is 50.6 Å². The molecule has 3 N–H and O–H groups in total. The van der Waals surface area contributed by atoms with Gasteiger partial charge in [-0.1, -0.05) is 42.0 Å². The molecular weight excluding hydrogens is 458 g/mol. The molecule has 0 spiro atoms. The fraction of sp³-hybridized carbons (Fsp3) is 0.222. The summed E-state index contributed by atoms with van der Waals surface area (Å²) in [6.07, 6.45) is 3.67. The van der Waals surface area contributed by atoms with Crippen molar-refractivity contribution < 1.29 is 9.59 Å². The van der Waals surface area contributed by atoms with E-state index in [-0.39, 0.29) is 18.0 Å². The molecule has 35 heavy (non-hydrogen) atoms. The molecule has 0 aliphatic carbocycles. The Balaban J connectivity index is 1.39. The second-order valence-corrected chi connectivity index (χ2v) is 10.0. The summed E-state index contributed by atoms with van der Waals surface area (Å²) in [5.74, 6) is -0.169. The first kappa shape index (κ1) is 21.8. The summed E-state index contributed by atoms with van der Waals surface area (Å²) in [6.45, 7) is 3.80. The van der Waals surface area contributed by atoms with Crippen LogP contribution in [0.1, 0.15) is 28.1 Å². The standard InChI is InChI=1S/C27H25N5O2S/c1-16-7-9-17(10-8-16)18-4-2-6-20(14-18)32-21-11-13-29-26-22(21)23(31-27(32)34)24(35-26)25(33)30-19-5-3-12-28-15-19/h2,4,6-11,13-14,19,28H,3,5,12,15H2,1H3,(H,30,33)(H,31,34). The zero-order chi connectivity index (χ0) is 23.9. The lowest BCUT2D eigenvalue weighted by atomic mass is 10.0. The molecule has 4 heterocycles. The second-order valence-electron chi connectivity index (χ2n) is 9.02. The minimum Gasteiger partial charge on any atom is -0.347 e. The Kier molecular flexibility index (Phi) is 5.47. The van der Waals surface area contributed by atoms with Crippen molar-refractivity contribution in [2.24, 2.45) is 0 Å². The average Bonchev–Trinajstić information content (AvgIpc) is 3.25. The van der Waals surface area contributed by atoms with E-state index in [2.05, 4.69) is 52.1 Å². The summed E-state index contributed by atoms with van der Waals surface area (Å²) in [4.78, 5) is 34.0. The molecular formula is C27H25N5O2S. The Morgan fingerprint density at radius 3 is 2.80 bits per heavy atom. The molecule has 1 unspecified atom stereocenters. The second kappa shape index (κ2) is 8.79. The van der Waals surface area contributed by atoms with Crippen molar-refractivity contribution in [1.29, 1.82) is 0 Å². The summed E-state index contributed by atoms with van der Waals surface area (Å²) < 4.78 is 0. The Bertz CT molecular complexity index is 1440.